The zero-order valence-corrected chi connectivity index (χ0v) is 14.4. The van der Waals surface area contributed by atoms with Gasteiger partial charge in [-0.2, -0.15) is 0 Å². The van der Waals surface area contributed by atoms with Crippen molar-refractivity contribution in [2.45, 2.75) is 6.92 Å². The van der Waals surface area contributed by atoms with E-state index in [1.165, 1.54) is 18.2 Å². The summed E-state index contributed by atoms with van der Waals surface area (Å²) in [6.45, 7) is 1.98. The lowest BCUT2D eigenvalue weighted by atomic mass is 10.2. The second-order valence-electron chi connectivity index (χ2n) is 5.22. The molecule has 2 aromatic carbocycles. The number of hydrogen-bond donors (Lipinski definition) is 2. The fourth-order valence-corrected chi connectivity index (χ4v) is 3.50. The Morgan fingerprint density at radius 1 is 1.25 bits per heavy atom. The minimum Gasteiger partial charge on any atom is -0.383 e. The van der Waals surface area contributed by atoms with Crippen molar-refractivity contribution in [3.8, 4) is 5.69 Å². The molecule has 1 aromatic heterocycles. The molecule has 0 unspecified atom stereocenters. The summed E-state index contributed by atoms with van der Waals surface area (Å²) in [5.41, 5.74) is 8.40. The number of rotatable bonds is 3. The van der Waals surface area contributed by atoms with E-state index in [1.807, 2.05) is 31.2 Å². The Labute approximate surface area is 147 Å². The number of nitrogens with zero attached hydrogens (tertiary/aromatic N) is 1. The number of thiazole rings is 1. The van der Waals surface area contributed by atoms with Crippen LogP contribution in [-0.4, -0.2) is 10.5 Å². The Bertz CT molecular complexity index is 961. The number of benzene rings is 2. The van der Waals surface area contributed by atoms with Gasteiger partial charge in [-0.25, -0.2) is 4.39 Å². The number of amides is 1. The van der Waals surface area contributed by atoms with Crippen molar-refractivity contribution in [3.05, 3.63) is 68.7 Å². The highest BCUT2D eigenvalue weighted by Crippen LogP contribution is 2.27. The van der Waals surface area contributed by atoms with Crippen molar-refractivity contribution in [1.82, 2.24) is 4.57 Å². The third-order valence-corrected chi connectivity index (χ3v) is 4.81. The second kappa shape index (κ2) is 6.54. The third-order valence-electron chi connectivity index (χ3n) is 3.43. The Balaban J connectivity index is 1.95. The molecule has 0 spiro atoms. The molecule has 24 heavy (non-hydrogen) atoms. The number of hydrogen-bond acceptors (Lipinski definition) is 4. The Kier molecular flexibility index (Phi) is 4.46. The van der Waals surface area contributed by atoms with Crippen LogP contribution in [0, 0.1) is 16.7 Å². The molecular formula is C17H14FN3OS2. The molecule has 3 aromatic rings. The first-order valence-electron chi connectivity index (χ1n) is 7.11. The van der Waals surface area contributed by atoms with Crippen LogP contribution in [0.4, 0.5) is 15.9 Å². The van der Waals surface area contributed by atoms with E-state index in [9.17, 15) is 9.18 Å². The summed E-state index contributed by atoms with van der Waals surface area (Å²) < 4.78 is 15.4. The first kappa shape index (κ1) is 16.4. The molecule has 0 aliphatic carbocycles. The first-order chi connectivity index (χ1) is 11.5. The second-order valence-corrected chi connectivity index (χ2v) is 6.86. The maximum atomic E-state index is 13.2. The van der Waals surface area contributed by atoms with Crippen molar-refractivity contribution in [1.29, 1.82) is 0 Å². The average Bonchev–Trinajstić information content (AvgIpc) is 2.83. The molecule has 0 radical (unpaired) electrons. The van der Waals surface area contributed by atoms with E-state index in [-0.39, 0.29) is 5.82 Å². The Morgan fingerprint density at radius 2 is 1.96 bits per heavy atom. The van der Waals surface area contributed by atoms with E-state index >= 15 is 0 Å². The number of carbonyl (C=O) groups excluding carboxylic acids is 1. The van der Waals surface area contributed by atoms with Crippen molar-refractivity contribution < 1.29 is 9.18 Å². The summed E-state index contributed by atoms with van der Waals surface area (Å²) in [5, 5.41) is 2.63. The quantitative estimate of drug-likeness (QED) is 0.675. The van der Waals surface area contributed by atoms with Gasteiger partial charge in [0.15, 0.2) is 3.95 Å². The number of aromatic nitrogens is 1. The zero-order valence-electron chi connectivity index (χ0n) is 12.7. The van der Waals surface area contributed by atoms with E-state index in [1.54, 1.807) is 10.6 Å². The number of nitrogen functional groups attached to an aromatic ring is 1. The van der Waals surface area contributed by atoms with E-state index in [0.29, 0.717) is 14.5 Å². The monoisotopic (exact) mass is 359 g/mol. The highest BCUT2D eigenvalue weighted by atomic mass is 32.1. The summed E-state index contributed by atoms with van der Waals surface area (Å²) in [5.74, 6) is -0.576. The predicted octanol–water partition coefficient (Wildman–Crippen LogP) is 4.55. The minimum absolute atomic E-state index is 0.266. The molecule has 0 bridgehead atoms. The Morgan fingerprint density at radius 3 is 2.62 bits per heavy atom. The topological polar surface area (TPSA) is 60.0 Å². The summed E-state index contributed by atoms with van der Waals surface area (Å²) in [6.07, 6.45) is 0. The van der Waals surface area contributed by atoms with E-state index < -0.39 is 11.7 Å². The van der Waals surface area contributed by atoms with Crippen LogP contribution in [0.15, 0.2) is 48.5 Å². The SMILES string of the molecule is Cc1ccc(-n2c(N)c(C(=O)Nc3cccc(F)c3)sc2=S)cc1. The van der Waals surface area contributed by atoms with Crippen LogP contribution >= 0.6 is 23.6 Å². The molecular weight excluding hydrogens is 345 g/mol. The maximum absolute atomic E-state index is 13.2. The number of halogens is 1. The Hall–Kier alpha value is -2.51. The van der Waals surface area contributed by atoms with Gasteiger partial charge in [0.1, 0.15) is 16.5 Å². The van der Waals surface area contributed by atoms with Gasteiger partial charge in [-0.05, 0) is 49.5 Å². The summed E-state index contributed by atoms with van der Waals surface area (Å²) in [6, 6.07) is 13.3. The molecule has 0 saturated carbocycles. The molecule has 0 aliphatic heterocycles. The average molecular weight is 359 g/mol. The largest absolute Gasteiger partial charge is 0.383 e. The first-order valence-corrected chi connectivity index (χ1v) is 8.33. The number of nitrogens with two attached hydrogens (primary N) is 1. The lowest BCUT2D eigenvalue weighted by Gasteiger charge is -2.07. The van der Waals surface area contributed by atoms with Crippen molar-refractivity contribution >= 4 is 41.0 Å². The van der Waals surface area contributed by atoms with Gasteiger partial charge in [-0.1, -0.05) is 35.1 Å². The van der Waals surface area contributed by atoms with Crippen LogP contribution in [0.1, 0.15) is 15.2 Å². The summed E-state index contributed by atoms with van der Waals surface area (Å²) in [4.78, 5) is 12.7. The number of anilines is 2. The molecule has 0 fully saturated rings. The van der Waals surface area contributed by atoms with Gasteiger partial charge in [0.25, 0.3) is 5.91 Å². The van der Waals surface area contributed by atoms with E-state index in [4.69, 9.17) is 18.0 Å². The molecule has 7 heteroatoms. The molecule has 122 valence electrons. The molecule has 0 aliphatic rings. The van der Waals surface area contributed by atoms with Crippen LogP contribution < -0.4 is 11.1 Å². The number of carbonyl (C=O) groups is 1. The smallest absolute Gasteiger partial charge is 0.269 e. The highest BCUT2D eigenvalue weighted by Gasteiger charge is 2.18. The van der Waals surface area contributed by atoms with Gasteiger partial charge in [-0.15, -0.1) is 0 Å². The van der Waals surface area contributed by atoms with Crippen molar-refractivity contribution in [3.63, 3.8) is 0 Å². The van der Waals surface area contributed by atoms with E-state index in [0.717, 1.165) is 22.6 Å². The van der Waals surface area contributed by atoms with Crippen molar-refractivity contribution in [2.75, 3.05) is 11.1 Å². The standard InChI is InChI=1S/C17H14FN3OS2/c1-10-5-7-13(8-6-10)21-15(19)14(24-17(21)23)16(22)20-12-4-2-3-11(18)9-12/h2-9H,19H2,1H3,(H,20,22). The fraction of sp³-hybridized carbons (Fsp3) is 0.0588. The molecule has 0 atom stereocenters. The molecule has 1 heterocycles. The fourth-order valence-electron chi connectivity index (χ4n) is 2.24. The van der Waals surface area contributed by atoms with Crippen LogP contribution in [0.2, 0.25) is 0 Å². The van der Waals surface area contributed by atoms with Crippen LogP contribution in [0.5, 0.6) is 0 Å². The lowest BCUT2D eigenvalue weighted by molar-refractivity contribution is 0.103. The molecule has 4 nitrogen and oxygen atoms in total. The lowest BCUT2D eigenvalue weighted by Crippen LogP contribution is -2.13. The summed E-state index contributed by atoms with van der Waals surface area (Å²) in [7, 11) is 0. The number of aryl methyl sites for hydroxylation is 1. The van der Waals surface area contributed by atoms with Gasteiger partial charge < -0.3 is 11.1 Å². The zero-order chi connectivity index (χ0) is 17.3. The molecule has 3 rings (SSSR count). The third kappa shape index (κ3) is 3.22. The van der Waals surface area contributed by atoms with Gasteiger partial charge in [-0.3, -0.25) is 9.36 Å². The predicted molar refractivity (Wildman–Crippen MR) is 98.0 cm³/mol. The normalized spacial score (nSPS) is 10.6. The van der Waals surface area contributed by atoms with Gasteiger partial charge >= 0.3 is 0 Å². The number of nitrogens with one attached hydrogen (secondary N) is 1. The van der Waals surface area contributed by atoms with Crippen LogP contribution in [-0.2, 0) is 0 Å². The molecule has 0 saturated heterocycles. The van der Waals surface area contributed by atoms with Gasteiger partial charge in [0.05, 0.1) is 0 Å². The van der Waals surface area contributed by atoms with Gasteiger partial charge in [0, 0.05) is 11.4 Å². The minimum atomic E-state index is -0.425. The van der Waals surface area contributed by atoms with Crippen LogP contribution in [0.25, 0.3) is 5.69 Å². The van der Waals surface area contributed by atoms with Crippen molar-refractivity contribution in [2.24, 2.45) is 0 Å². The molecule has 1 amide bonds. The van der Waals surface area contributed by atoms with Gasteiger partial charge in [0.2, 0.25) is 0 Å². The summed E-state index contributed by atoms with van der Waals surface area (Å²) >= 11 is 6.46. The molecule has 3 N–H and O–H groups in total. The highest BCUT2D eigenvalue weighted by molar-refractivity contribution is 7.73. The van der Waals surface area contributed by atoms with E-state index in [2.05, 4.69) is 5.32 Å². The van der Waals surface area contributed by atoms with Crippen LogP contribution in [0.3, 0.4) is 0 Å². The maximum Gasteiger partial charge on any atom is 0.269 e.